The molecule has 1 N–H and O–H groups in total. The summed E-state index contributed by atoms with van der Waals surface area (Å²) in [5.74, 6) is 0.967. The molecule has 0 saturated heterocycles. The van der Waals surface area contributed by atoms with Crippen molar-refractivity contribution in [1.82, 2.24) is 5.32 Å². The zero-order valence-electron chi connectivity index (χ0n) is 11.6. The van der Waals surface area contributed by atoms with Gasteiger partial charge in [0.1, 0.15) is 5.75 Å². The van der Waals surface area contributed by atoms with E-state index in [-0.39, 0.29) is 11.9 Å². The number of carbonyl (C=O) groups is 1. The molecule has 0 bridgehead atoms. The van der Waals surface area contributed by atoms with Crippen LogP contribution in [-0.4, -0.2) is 24.4 Å². The van der Waals surface area contributed by atoms with Crippen LogP contribution in [-0.2, 0) is 11.2 Å². The zero-order valence-corrected chi connectivity index (χ0v) is 13.2. The van der Waals surface area contributed by atoms with E-state index in [0.717, 1.165) is 35.9 Å². The van der Waals surface area contributed by atoms with Crippen LogP contribution < -0.4 is 10.1 Å². The molecule has 1 aromatic carbocycles. The highest BCUT2D eigenvalue weighted by molar-refractivity contribution is 9.09. The maximum atomic E-state index is 11.8. The van der Waals surface area contributed by atoms with Crippen molar-refractivity contribution in [1.29, 1.82) is 0 Å². The highest BCUT2D eigenvalue weighted by Gasteiger charge is 2.07. The maximum Gasteiger partial charge on any atom is 0.220 e. The van der Waals surface area contributed by atoms with Crippen molar-refractivity contribution in [3.05, 3.63) is 29.8 Å². The fourth-order valence-corrected chi connectivity index (χ4v) is 2.18. The lowest BCUT2D eigenvalue weighted by molar-refractivity contribution is -0.121. The molecule has 1 atom stereocenters. The van der Waals surface area contributed by atoms with Crippen molar-refractivity contribution >= 4 is 21.8 Å². The van der Waals surface area contributed by atoms with Gasteiger partial charge in [-0.15, -0.1) is 0 Å². The van der Waals surface area contributed by atoms with Crippen molar-refractivity contribution < 1.29 is 9.53 Å². The Hall–Kier alpha value is -1.03. The van der Waals surface area contributed by atoms with Crippen molar-refractivity contribution in [3.8, 4) is 5.75 Å². The lowest BCUT2D eigenvalue weighted by Crippen LogP contribution is -2.32. The Morgan fingerprint density at radius 1 is 1.37 bits per heavy atom. The third-order valence-electron chi connectivity index (χ3n) is 2.98. The lowest BCUT2D eigenvalue weighted by atomic mass is 10.1. The number of methoxy groups -OCH3 is 1. The number of hydrogen-bond acceptors (Lipinski definition) is 2. The molecule has 1 amide bonds. The zero-order chi connectivity index (χ0) is 14.1. The van der Waals surface area contributed by atoms with E-state index in [4.69, 9.17) is 4.74 Å². The van der Waals surface area contributed by atoms with Gasteiger partial charge in [-0.3, -0.25) is 4.79 Å². The highest BCUT2D eigenvalue weighted by Crippen LogP contribution is 2.12. The standard InChI is InChI=1S/C15H22BrNO2/c1-12(4-3-11-16)17-15(18)10-7-13-5-8-14(19-2)9-6-13/h5-6,8-9,12H,3-4,7,10-11H2,1-2H3,(H,17,18). The van der Waals surface area contributed by atoms with Crippen LogP contribution in [0.1, 0.15) is 31.7 Å². The van der Waals surface area contributed by atoms with Crippen LogP contribution in [0.15, 0.2) is 24.3 Å². The predicted octanol–water partition coefficient (Wildman–Crippen LogP) is 3.31. The second-order valence-electron chi connectivity index (χ2n) is 4.65. The topological polar surface area (TPSA) is 38.3 Å². The van der Waals surface area contributed by atoms with Gasteiger partial charge < -0.3 is 10.1 Å². The minimum absolute atomic E-state index is 0.123. The Bertz CT molecular complexity index is 378. The minimum Gasteiger partial charge on any atom is -0.497 e. The number of carbonyl (C=O) groups excluding carboxylic acids is 1. The van der Waals surface area contributed by atoms with Crippen LogP contribution in [0.2, 0.25) is 0 Å². The molecule has 0 saturated carbocycles. The fourth-order valence-electron chi connectivity index (χ4n) is 1.85. The second-order valence-corrected chi connectivity index (χ2v) is 5.44. The SMILES string of the molecule is COc1ccc(CCC(=O)NC(C)CCCBr)cc1. The Morgan fingerprint density at radius 3 is 2.63 bits per heavy atom. The smallest absolute Gasteiger partial charge is 0.220 e. The van der Waals surface area contributed by atoms with Crippen LogP contribution >= 0.6 is 15.9 Å². The second kappa shape index (κ2) is 8.97. The first-order chi connectivity index (χ1) is 9.15. The molecular formula is C15H22BrNO2. The van der Waals surface area contributed by atoms with Gasteiger partial charge in [-0.25, -0.2) is 0 Å². The predicted molar refractivity (Wildman–Crippen MR) is 81.9 cm³/mol. The van der Waals surface area contributed by atoms with Crippen LogP contribution in [0.25, 0.3) is 0 Å². The van der Waals surface area contributed by atoms with E-state index in [2.05, 4.69) is 21.2 Å². The van der Waals surface area contributed by atoms with E-state index in [1.54, 1.807) is 7.11 Å². The molecule has 0 aliphatic carbocycles. The fraction of sp³-hybridized carbons (Fsp3) is 0.533. The number of aryl methyl sites for hydroxylation is 1. The third-order valence-corrected chi connectivity index (χ3v) is 3.54. The van der Waals surface area contributed by atoms with Crippen molar-refractivity contribution in [2.24, 2.45) is 0 Å². The molecule has 0 radical (unpaired) electrons. The molecule has 19 heavy (non-hydrogen) atoms. The summed E-state index contributed by atoms with van der Waals surface area (Å²) in [6.45, 7) is 2.05. The summed E-state index contributed by atoms with van der Waals surface area (Å²) in [6.07, 6.45) is 3.39. The van der Waals surface area contributed by atoms with Gasteiger partial charge in [0.25, 0.3) is 0 Å². The molecule has 1 rings (SSSR count). The van der Waals surface area contributed by atoms with E-state index in [0.29, 0.717) is 6.42 Å². The average Bonchev–Trinajstić information content (AvgIpc) is 2.43. The Kier molecular flexibility index (Phi) is 7.56. The summed E-state index contributed by atoms with van der Waals surface area (Å²) in [5, 5.41) is 4.01. The number of amides is 1. The largest absolute Gasteiger partial charge is 0.497 e. The number of hydrogen-bond donors (Lipinski definition) is 1. The molecule has 106 valence electrons. The molecule has 0 aromatic heterocycles. The van der Waals surface area contributed by atoms with E-state index < -0.39 is 0 Å². The third kappa shape index (κ3) is 6.62. The monoisotopic (exact) mass is 327 g/mol. The summed E-state index contributed by atoms with van der Waals surface area (Å²) in [5.41, 5.74) is 1.16. The van der Waals surface area contributed by atoms with E-state index >= 15 is 0 Å². The van der Waals surface area contributed by atoms with Crippen LogP contribution in [0.5, 0.6) is 5.75 Å². The van der Waals surface area contributed by atoms with Crippen LogP contribution in [0.3, 0.4) is 0 Å². The molecule has 3 nitrogen and oxygen atoms in total. The van der Waals surface area contributed by atoms with Gasteiger partial charge in [0.2, 0.25) is 5.91 Å². The van der Waals surface area contributed by atoms with Gasteiger partial charge in [-0.1, -0.05) is 28.1 Å². The summed E-state index contributed by atoms with van der Waals surface area (Å²) in [4.78, 5) is 11.8. The van der Waals surface area contributed by atoms with Gasteiger partial charge in [-0.2, -0.15) is 0 Å². The number of rotatable bonds is 8. The van der Waals surface area contributed by atoms with Gasteiger partial charge in [0.05, 0.1) is 7.11 Å². The number of ether oxygens (including phenoxy) is 1. The van der Waals surface area contributed by atoms with Gasteiger partial charge in [0.15, 0.2) is 0 Å². The van der Waals surface area contributed by atoms with Gasteiger partial charge in [0, 0.05) is 17.8 Å². The average molecular weight is 328 g/mol. The normalized spacial score (nSPS) is 11.9. The van der Waals surface area contributed by atoms with Crippen LogP contribution in [0, 0.1) is 0 Å². The number of halogens is 1. The van der Waals surface area contributed by atoms with Crippen molar-refractivity contribution in [2.75, 3.05) is 12.4 Å². The first-order valence-electron chi connectivity index (χ1n) is 6.64. The van der Waals surface area contributed by atoms with E-state index in [9.17, 15) is 4.79 Å². The molecule has 4 heteroatoms. The quantitative estimate of drug-likeness (QED) is 0.744. The Labute approximate surface area is 123 Å². The van der Waals surface area contributed by atoms with Gasteiger partial charge in [-0.05, 0) is 43.9 Å². The number of nitrogens with one attached hydrogen (secondary N) is 1. The molecule has 1 aromatic rings. The minimum atomic E-state index is 0.123. The van der Waals surface area contributed by atoms with Crippen LogP contribution in [0.4, 0.5) is 0 Å². The number of alkyl halides is 1. The number of benzene rings is 1. The summed E-state index contributed by atoms with van der Waals surface area (Å²) >= 11 is 3.39. The van der Waals surface area contributed by atoms with Gasteiger partial charge >= 0.3 is 0 Å². The molecule has 0 aliphatic rings. The summed E-state index contributed by atoms with van der Waals surface area (Å²) < 4.78 is 5.10. The molecule has 1 unspecified atom stereocenters. The summed E-state index contributed by atoms with van der Waals surface area (Å²) in [7, 11) is 1.65. The summed E-state index contributed by atoms with van der Waals surface area (Å²) in [6, 6.07) is 8.10. The lowest BCUT2D eigenvalue weighted by Gasteiger charge is -2.13. The first kappa shape index (κ1) is 16.0. The van der Waals surface area contributed by atoms with Crippen molar-refractivity contribution in [3.63, 3.8) is 0 Å². The van der Waals surface area contributed by atoms with Crippen molar-refractivity contribution in [2.45, 2.75) is 38.6 Å². The maximum absolute atomic E-state index is 11.8. The molecule has 0 spiro atoms. The van der Waals surface area contributed by atoms with E-state index in [1.165, 1.54) is 0 Å². The Balaban J connectivity index is 2.28. The van der Waals surface area contributed by atoms with E-state index in [1.807, 2.05) is 31.2 Å². The molecule has 0 heterocycles. The molecule has 0 fully saturated rings. The molecule has 0 aliphatic heterocycles. The Morgan fingerprint density at radius 2 is 2.05 bits per heavy atom. The highest BCUT2D eigenvalue weighted by atomic mass is 79.9. The molecular weight excluding hydrogens is 306 g/mol. The first-order valence-corrected chi connectivity index (χ1v) is 7.76.